The highest BCUT2D eigenvalue weighted by molar-refractivity contribution is 9.10. The first kappa shape index (κ1) is 23.5. The van der Waals surface area contributed by atoms with Crippen LogP contribution in [-0.2, 0) is 0 Å². The highest BCUT2D eigenvalue weighted by Crippen LogP contribution is 2.37. The van der Waals surface area contributed by atoms with Crippen molar-refractivity contribution in [2.75, 3.05) is 11.9 Å². The number of hydrazine groups is 1. The molecule has 174 valence electrons. The molecule has 9 nitrogen and oxygen atoms in total. The second-order valence-electron chi connectivity index (χ2n) is 7.24. The third kappa shape index (κ3) is 4.55. The van der Waals surface area contributed by atoms with Gasteiger partial charge in [-0.25, -0.2) is 5.01 Å². The fourth-order valence-corrected chi connectivity index (χ4v) is 4.15. The molecule has 0 radical (unpaired) electrons. The van der Waals surface area contributed by atoms with E-state index in [0.717, 1.165) is 5.01 Å². The van der Waals surface area contributed by atoms with Crippen molar-refractivity contribution in [3.8, 4) is 5.75 Å². The van der Waals surface area contributed by atoms with E-state index in [1.165, 1.54) is 18.2 Å². The van der Waals surface area contributed by atoms with E-state index in [9.17, 15) is 19.7 Å². The van der Waals surface area contributed by atoms with Gasteiger partial charge in [0.25, 0.3) is 17.5 Å². The summed E-state index contributed by atoms with van der Waals surface area (Å²) in [6, 6.07) is 15.6. The maximum Gasteiger partial charge on any atom is 0.276 e. The molecule has 1 aliphatic rings. The number of rotatable bonds is 6. The van der Waals surface area contributed by atoms with Crippen molar-refractivity contribution in [1.82, 2.24) is 10.4 Å². The first-order chi connectivity index (χ1) is 16.3. The number of hydrogen-bond donors (Lipinski definition) is 2. The molecule has 0 saturated heterocycles. The number of nitrogens with zero attached hydrogens (tertiary/aromatic N) is 2. The number of benzene rings is 3. The topological polar surface area (TPSA) is 114 Å². The molecule has 3 aromatic rings. The first-order valence-corrected chi connectivity index (χ1v) is 11.3. The molecule has 1 aliphatic heterocycles. The number of fused-ring (bicyclic) bond motifs is 1. The fraction of sp³-hybridized carbons (Fsp3) is 0.130. The molecular weight excluding hydrogens is 528 g/mol. The van der Waals surface area contributed by atoms with Crippen molar-refractivity contribution >= 4 is 50.7 Å². The number of ether oxygens (including phenoxy) is 1. The maximum absolute atomic E-state index is 13.5. The minimum Gasteiger partial charge on any atom is -0.493 e. The van der Waals surface area contributed by atoms with Gasteiger partial charge in [-0.05, 0) is 43.3 Å². The van der Waals surface area contributed by atoms with E-state index in [2.05, 4.69) is 26.7 Å². The van der Waals surface area contributed by atoms with E-state index in [1.54, 1.807) is 49.4 Å². The standard InChI is InChI=1S/C23H18BrClN4O5/c1-2-34-20-6-4-3-5-15(20)22(30)27-28-21(16-12-14(29(32)33)8-9-18(16)25)26-19-10-7-13(24)11-17(19)23(28)31/h3-12,21,26H,2H2,1H3,(H,27,30)/t21-/m0/s1. The molecule has 1 atom stereocenters. The van der Waals surface area contributed by atoms with Crippen LogP contribution in [0.25, 0.3) is 0 Å². The number of carbonyl (C=O) groups is 2. The summed E-state index contributed by atoms with van der Waals surface area (Å²) in [5.74, 6) is -0.762. The minimum atomic E-state index is -1.02. The van der Waals surface area contributed by atoms with Crippen molar-refractivity contribution in [2.24, 2.45) is 0 Å². The molecule has 2 N–H and O–H groups in total. The SMILES string of the molecule is CCOc1ccccc1C(=O)NN1C(=O)c2cc(Br)ccc2N[C@@H]1c1cc([N+](=O)[O-])ccc1Cl. The average molecular weight is 546 g/mol. The highest BCUT2D eigenvalue weighted by Gasteiger charge is 2.36. The average Bonchev–Trinajstić information content (AvgIpc) is 2.82. The number of nitro benzene ring substituents is 1. The zero-order valence-electron chi connectivity index (χ0n) is 17.7. The van der Waals surface area contributed by atoms with Gasteiger partial charge >= 0.3 is 0 Å². The van der Waals surface area contributed by atoms with Crippen molar-refractivity contribution in [2.45, 2.75) is 13.1 Å². The van der Waals surface area contributed by atoms with Gasteiger partial charge in [0.15, 0.2) is 0 Å². The lowest BCUT2D eigenvalue weighted by Crippen LogP contribution is -2.53. The quantitative estimate of drug-likeness (QED) is 0.320. The van der Waals surface area contributed by atoms with Crippen LogP contribution in [0.3, 0.4) is 0 Å². The number of hydrogen-bond acceptors (Lipinski definition) is 6. The number of nitro groups is 1. The number of halogens is 2. The van der Waals surface area contributed by atoms with E-state index in [-0.39, 0.29) is 21.8 Å². The Morgan fingerprint density at radius 1 is 1.24 bits per heavy atom. The number of carbonyl (C=O) groups excluding carboxylic acids is 2. The van der Waals surface area contributed by atoms with Crippen LogP contribution in [0.4, 0.5) is 11.4 Å². The van der Waals surface area contributed by atoms with Crippen LogP contribution in [0.2, 0.25) is 5.02 Å². The smallest absolute Gasteiger partial charge is 0.276 e. The summed E-state index contributed by atoms with van der Waals surface area (Å²) in [7, 11) is 0. The lowest BCUT2D eigenvalue weighted by molar-refractivity contribution is -0.384. The number of amides is 2. The number of non-ortho nitro benzene ring substituents is 1. The van der Waals surface area contributed by atoms with Gasteiger partial charge in [-0.2, -0.15) is 0 Å². The third-order valence-electron chi connectivity index (χ3n) is 5.12. The highest BCUT2D eigenvalue weighted by atomic mass is 79.9. The molecule has 0 unspecified atom stereocenters. The summed E-state index contributed by atoms with van der Waals surface area (Å²) in [6.07, 6.45) is -1.02. The molecule has 0 aliphatic carbocycles. The lowest BCUT2D eigenvalue weighted by Gasteiger charge is -2.38. The van der Waals surface area contributed by atoms with Crippen molar-refractivity contribution < 1.29 is 19.2 Å². The van der Waals surface area contributed by atoms with E-state index in [1.807, 2.05) is 0 Å². The van der Waals surface area contributed by atoms with Crippen LogP contribution >= 0.6 is 27.5 Å². The third-order valence-corrected chi connectivity index (χ3v) is 5.96. The van der Waals surface area contributed by atoms with E-state index in [0.29, 0.717) is 28.1 Å². The molecule has 3 aromatic carbocycles. The molecule has 11 heteroatoms. The molecule has 0 bridgehead atoms. The van der Waals surface area contributed by atoms with Gasteiger partial charge in [0.1, 0.15) is 11.9 Å². The number of para-hydroxylation sites is 1. The summed E-state index contributed by atoms with van der Waals surface area (Å²) in [6.45, 7) is 2.14. The molecule has 4 rings (SSSR count). The summed E-state index contributed by atoms with van der Waals surface area (Å²) < 4.78 is 6.20. The van der Waals surface area contributed by atoms with Gasteiger partial charge in [-0.1, -0.05) is 39.7 Å². The second kappa shape index (κ2) is 9.70. The Kier molecular flexibility index (Phi) is 6.71. The first-order valence-electron chi connectivity index (χ1n) is 10.2. The van der Waals surface area contributed by atoms with Crippen molar-refractivity contribution in [3.05, 3.63) is 97.0 Å². The van der Waals surface area contributed by atoms with Crippen LogP contribution < -0.4 is 15.5 Å². The molecular formula is C23H18BrClN4O5. The zero-order chi connectivity index (χ0) is 24.4. The van der Waals surface area contributed by atoms with Crippen LogP contribution in [0.1, 0.15) is 39.4 Å². The van der Waals surface area contributed by atoms with Crippen molar-refractivity contribution in [1.29, 1.82) is 0 Å². The molecule has 0 fully saturated rings. The van der Waals surface area contributed by atoms with Crippen LogP contribution in [0.15, 0.2) is 65.1 Å². The van der Waals surface area contributed by atoms with E-state index in [4.69, 9.17) is 16.3 Å². The normalized spacial score (nSPS) is 14.7. The van der Waals surface area contributed by atoms with Gasteiger partial charge in [0, 0.05) is 32.9 Å². The molecule has 34 heavy (non-hydrogen) atoms. The molecule has 0 saturated carbocycles. The van der Waals surface area contributed by atoms with E-state index >= 15 is 0 Å². The molecule has 0 spiro atoms. The molecule has 2 amide bonds. The molecule has 1 heterocycles. The van der Waals surface area contributed by atoms with Crippen LogP contribution in [0.5, 0.6) is 5.75 Å². The van der Waals surface area contributed by atoms with Crippen LogP contribution in [0, 0.1) is 10.1 Å². The Morgan fingerprint density at radius 2 is 2.00 bits per heavy atom. The Labute approximate surface area is 207 Å². The number of anilines is 1. The van der Waals surface area contributed by atoms with Crippen molar-refractivity contribution in [3.63, 3.8) is 0 Å². The lowest BCUT2D eigenvalue weighted by atomic mass is 10.0. The van der Waals surface area contributed by atoms with Gasteiger partial charge in [0.2, 0.25) is 0 Å². The Morgan fingerprint density at radius 3 is 2.74 bits per heavy atom. The largest absolute Gasteiger partial charge is 0.493 e. The second-order valence-corrected chi connectivity index (χ2v) is 8.57. The monoisotopic (exact) mass is 544 g/mol. The summed E-state index contributed by atoms with van der Waals surface area (Å²) in [5, 5.41) is 15.8. The minimum absolute atomic E-state index is 0.186. The summed E-state index contributed by atoms with van der Waals surface area (Å²) >= 11 is 9.73. The Balaban J connectivity index is 1.79. The van der Waals surface area contributed by atoms with Gasteiger partial charge < -0.3 is 10.1 Å². The fourth-order valence-electron chi connectivity index (χ4n) is 3.57. The van der Waals surface area contributed by atoms with Crippen LogP contribution in [-0.4, -0.2) is 28.4 Å². The Bertz CT molecular complexity index is 1300. The predicted molar refractivity (Wildman–Crippen MR) is 130 cm³/mol. The van der Waals surface area contributed by atoms with E-state index < -0.39 is 22.9 Å². The number of nitrogens with one attached hydrogen (secondary N) is 2. The predicted octanol–water partition coefficient (Wildman–Crippen LogP) is 5.32. The summed E-state index contributed by atoms with van der Waals surface area (Å²) in [4.78, 5) is 37.5. The maximum atomic E-state index is 13.5. The van der Waals surface area contributed by atoms with Gasteiger partial charge in [0.05, 0.1) is 22.7 Å². The summed E-state index contributed by atoms with van der Waals surface area (Å²) in [5.41, 5.74) is 3.68. The zero-order valence-corrected chi connectivity index (χ0v) is 20.1. The van der Waals surface area contributed by atoms with Gasteiger partial charge in [-0.15, -0.1) is 0 Å². The van der Waals surface area contributed by atoms with Gasteiger partial charge in [-0.3, -0.25) is 25.1 Å². The Hall–Kier alpha value is -3.63. The molecule has 0 aromatic heterocycles.